The molecule has 4 aromatic rings. The van der Waals surface area contributed by atoms with E-state index in [2.05, 4.69) is 4.98 Å². The van der Waals surface area contributed by atoms with Crippen molar-refractivity contribution in [3.8, 4) is 11.3 Å². The number of nitrogens with zero attached hydrogens (tertiary/aromatic N) is 4. The highest BCUT2D eigenvalue weighted by Crippen LogP contribution is 2.24. The standard InChI is InChI=1S/C24H22N4O4/c1-27-8-6-14-10-15(2-4-17(14)24(27)32)20-12-25-18-5-3-16(11-19(18)26-20)23(31)28-9-7-21(29)22(30)13-28/h2-6,8,10-12,21-22,29-30H,7,9,13H2,1H3/t21-,22-/m0/s1. The van der Waals surface area contributed by atoms with Gasteiger partial charge in [0.25, 0.3) is 11.5 Å². The van der Waals surface area contributed by atoms with Crippen LogP contribution in [0.2, 0.25) is 0 Å². The Hall–Kier alpha value is -3.62. The largest absolute Gasteiger partial charge is 0.390 e. The Balaban J connectivity index is 1.50. The number of β-amino-alcohol motifs (C(OH)–C–C–N with tert-alkyl or cyclic N) is 1. The van der Waals surface area contributed by atoms with E-state index in [-0.39, 0.29) is 18.0 Å². The van der Waals surface area contributed by atoms with Crippen molar-refractivity contribution in [3.63, 3.8) is 0 Å². The van der Waals surface area contributed by atoms with E-state index >= 15 is 0 Å². The average molecular weight is 430 g/mol. The summed E-state index contributed by atoms with van der Waals surface area (Å²) in [7, 11) is 1.72. The Morgan fingerprint density at radius 1 is 1.06 bits per heavy atom. The van der Waals surface area contributed by atoms with Crippen molar-refractivity contribution in [1.29, 1.82) is 0 Å². The molecule has 0 aliphatic carbocycles. The van der Waals surface area contributed by atoms with Gasteiger partial charge in [-0.2, -0.15) is 0 Å². The topological polar surface area (TPSA) is 109 Å². The van der Waals surface area contributed by atoms with Crippen molar-refractivity contribution < 1.29 is 15.0 Å². The van der Waals surface area contributed by atoms with Crippen LogP contribution in [0, 0.1) is 0 Å². The summed E-state index contributed by atoms with van der Waals surface area (Å²) in [6, 6.07) is 12.6. The third-order valence-corrected chi connectivity index (χ3v) is 6.00. The van der Waals surface area contributed by atoms with E-state index < -0.39 is 12.2 Å². The van der Waals surface area contributed by atoms with Gasteiger partial charge < -0.3 is 19.7 Å². The molecule has 0 spiro atoms. The molecule has 162 valence electrons. The number of carbonyl (C=O) groups excluding carboxylic acids is 1. The number of aliphatic hydroxyl groups excluding tert-OH is 2. The molecular weight excluding hydrogens is 408 g/mol. The van der Waals surface area contributed by atoms with Crippen molar-refractivity contribution in [1.82, 2.24) is 19.4 Å². The molecule has 32 heavy (non-hydrogen) atoms. The quantitative estimate of drug-likeness (QED) is 0.501. The van der Waals surface area contributed by atoms with Crippen LogP contribution in [-0.2, 0) is 7.05 Å². The number of hydrogen-bond acceptors (Lipinski definition) is 6. The lowest BCUT2D eigenvalue weighted by atomic mass is 10.0. The molecule has 2 atom stereocenters. The lowest BCUT2D eigenvalue weighted by Crippen LogP contribution is -2.48. The molecule has 0 saturated carbocycles. The van der Waals surface area contributed by atoms with Crippen molar-refractivity contribution >= 4 is 27.7 Å². The Bertz CT molecular complexity index is 1410. The van der Waals surface area contributed by atoms with Crippen LogP contribution in [0.15, 0.2) is 59.7 Å². The number of piperidine rings is 1. The van der Waals surface area contributed by atoms with Gasteiger partial charge >= 0.3 is 0 Å². The highest BCUT2D eigenvalue weighted by atomic mass is 16.3. The summed E-state index contributed by atoms with van der Waals surface area (Å²) < 4.78 is 1.54. The van der Waals surface area contributed by atoms with Crippen LogP contribution in [0.4, 0.5) is 0 Å². The molecule has 5 rings (SSSR count). The van der Waals surface area contributed by atoms with Gasteiger partial charge in [0.1, 0.15) is 0 Å². The zero-order valence-electron chi connectivity index (χ0n) is 17.5. The molecule has 2 N–H and O–H groups in total. The summed E-state index contributed by atoms with van der Waals surface area (Å²) in [6.07, 6.45) is 2.01. The van der Waals surface area contributed by atoms with Gasteiger partial charge in [0.15, 0.2) is 0 Å². The lowest BCUT2D eigenvalue weighted by Gasteiger charge is -2.33. The number of aromatic nitrogens is 3. The van der Waals surface area contributed by atoms with E-state index in [1.165, 1.54) is 0 Å². The number of aryl methyl sites for hydroxylation is 1. The second kappa shape index (κ2) is 7.81. The minimum Gasteiger partial charge on any atom is -0.390 e. The second-order valence-corrected chi connectivity index (χ2v) is 8.17. The molecule has 0 radical (unpaired) electrons. The smallest absolute Gasteiger partial charge is 0.258 e. The maximum Gasteiger partial charge on any atom is 0.258 e. The minimum absolute atomic E-state index is 0.0582. The van der Waals surface area contributed by atoms with Gasteiger partial charge in [-0.15, -0.1) is 0 Å². The fourth-order valence-corrected chi connectivity index (χ4v) is 4.07. The van der Waals surface area contributed by atoms with Crippen LogP contribution in [0.5, 0.6) is 0 Å². The minimum atomic E-state index is -0.940. The van der Waals surface area contributed by atoms with E-state index in [1.807, 2.05) is 18.2 Å². The third kappa shape index (κ3) is 3.53. The van der Waals surface area contributed by atoms with Gasteiger partial charge in [-0.25, -0.2) is 4.98 Å². The molecule has 1 amide bonds. The fraction of sp³-hybridized carbons (Fsp3) is 0.250. The number of fused-ring (bicyclic) bond motifs is 2. The van der Waals surface area contributed by atoms with Crippen LogP contribution in [0.3, 0.4) is 0 Å². The summed E-state index contributed by atoms with van der Waals surface area (Å²) in [6.45, 7) is 0.484. The number of likely N-dealkylation sites (tertiary alicyclic amines) is 1. The van der Waals surface area contributed by atoms with E-state index in [0.29, 0.717) is 40.6 Å². The Kier molecular flexibility index (Phi) is 4.96. The predicted molar refractivity (Wildman–Crippen MR) is 120 cm³/mol. The van der Waals surface area contributed by atoms with Gasteiger partial charge in [0, 0.05) is 42.8 Å². The first kappa shape index (κ1) is 20.3. The number of hydrogen-bond donors (Lipinski definition) is 2. The normalized spacial score (nSPS) is 18.9. The third-order valence-electron chi connectivity index (χ3n) is 6.00. The highest BCUT2D eigenvalue weighted by molar-refractivity contribution is 5.97. The molecule has 8 nitrogen and oxygen atoms in total. The van der Waals surface area contributed by atoms with E-state index in [4.69, 9.17) is 4.98 Å². The highest BCUT2D eigenvalue weighted by Gasteiger charge is 2.29. The van der Waals surface area contributed by atoms with Crippen LogP contribution < -0.4 is 5.56 Å². The number of aliphatic hydroxyl groups is 2. The van der Waals surface area contributed by atoms with Crippen molar-refractivity contribution in [3.05, 3.63) is 70.8 Å². The fourth-order valence-electron chi connectivity index (χ4n) is 4.07. The van der Waals surface area contributed by atoms with Gasteiger partial charge in [-0.3, -0.25) is 14.6 Å². The average Bonchev–Trinajstić information content (AvgIpc) is 2.82. The molecule has 2 aromatic heterocycles. The van der Waals surface area contributed by atoms with E-state index in [0.717, 1.165) is 10.9 Å². The molecule has 0 bridgehead atoms. The molecule has 3 heterocycles. The molecule has 1 aliphatic rings. The van der Waals surface area contributed by atoms with Crippen molar-refractivity contribution in [2.45, 2.75) is 18.6 Å². The molecule has 1 saturated heterocycles. The zero-order valence-corrected chi connectivity index (χ0v) is 17.5. The van der Waals surface area contributed by atoms with E-state index in [1.54, 1.807) is 53.2 Å². The Morgan fingerprint density at radius 3 is 2.72 bits per heavy atom. The van der Waals surface area contributed by atoms with E-state index in [9.17, 15) is 19.8 Å². The van der Waals surface area contributed by atoms with Gasteiger partial charge in [0.05, 0.1) is 35.1 Å². The van der Waals surface area contributed by atoms with Crippen LogP contribution in [0.25, 0.3) is 33.1 Å². The first-order chi connectivity index (χ1) is 15.4. The molecule has 2 aromatic carbocycles. The summed E-state index contributed by atoms with van der Waals surface area (Å²) in [5.41, 5.74) is 3.10. The molecule has 0 unspecified atom stereocenters. The van der Waals surface area contributed by atoms with Crippen LogP contribution >= 0.6 is 0 Å². The maximum atomic E-state index is 12.9. The van der Waals surface area contributed by atoms with Crippen LogP contribution in [-0.4, -0.2) is 60.9 Å². The second-order valence-electron chi connectivity index (χ2n) is 8.17. The SMILES string of the molecule is Cn1ccc2cc(-c3cnc4ccc(C(=O)N5CC[C@H](O)[C@@H](O)C5)cc4n3)ccc2c1=O. The monoisotopic (exact) mass is 430 g/mol. The molecule has 1 fully saturated rings. The zero-order chi connectivity index (χ0) is 22.4. The molecule has 8 heteroatoms. The number of carbonyl (C=O) groups is 1. The van der Waals surface area contributed by atoms with Crippen molar-refractivity contribution in [2.75, 3.05) is 13.1 Å². The summed E-state index contributed by atoms with van der Waals surface area (Å²) in [5.74, 6) is -0.216. The van der Waals surface area contributed by atoms with Crippen molar-refractivity contribution in [2.24, 2.45) is 7.05 Å². The number of benzene rings is 2. The number of pyridine rings is 1. The number of amides is 1. The summed E-state index contributed by atoms with van der Waals surface area (Å²) in [4.78, 5) is 35.9. The maximum absolute atomic E-state index is 12.9. The van der Waals surface area contributed by atoms with Gasteiger partial charge in [-0.05, 0) is 48.2 Å². The Labute approximate surface area is 183 Å². The molecule has 1 aliphatic heterocycles. The lowest BCUT2D eigenvalue weighted by molar-refractivity contribution is -0.0321. The molecular formula is C24H22N4O4. The van der Waals surface area contributed by atoms with Gasteiger partial charge in [-0.1, -0.05) is 6.07 Å². The Morgan fingerprint density at radius 2 is 1.91 bits per heavy atom. The number of rotatable bonds is 2. The van der Waals surface area contributed by atoms with Crippen LogP contribution in [0.1, 0.15) is 16.8 Å². The summed E-state index contributed by atoms with van der Waals surface area (Å²) >= 11 is 0. The first-order valence-corrected chi connectivity index (χ1v) is 10.4. The summed E-state index contributed by atoms with van der Waals surface area (Å²) in [5, 5.41) is 21.1. The first-order valence-electron chi connectivity index (χ1n) is 10.4. The van der Waals surface area contributed by atoms with Gasteiger partial charge in [0.2, 0.25) is 0 Å². The predicted octanol–water partition coefficient (Wildman–Crippen LogP) is 1.72.